The first kappa shape index (κ1) is 40.1. The van der Waals surface area contributed by atoms with Crippen molar-refractivity contribution in [2.45, 2.75) is 0 Å². The maximum Gasteiger partial charge on any atom is 0.160 e. The third-order valence-electron chi connectivity index (χ3n) is 12.3. The van der Waals surface area contributed by atoms with Crippen LogP contribution in [0.3, 0.4) is 0 Å². The van der Waals surface area contributed by atoms with Gasteiger partial charge in [-0.3, -0.25) is 0 Å². The number of aromatic nitrogens is 2. The molecule has 310 valence electrons. The van der Waals surface area contributed by atoms with Crippen LogP contribution in [0.15, 0.2) is 267 Å². The summed E-state index contributed by atoms with van der Waals surface area (Å²) >= 11 is 0. The number of rotatable bonds is 10. The van der Waals surface area contributed by atoms with Gasteiger partial charge in [-0.25, -0.2) is 9.97 Å². The Morgan fingerprint density at radius 1 is 0.182 bits per heavy atom. The van der Waals surface area contributed by atoms with Gasteiger partial charge in [-0.15, -0.1) is 0 Å². The number of hydrogen-bond donors (Lipinski definition) is 0. The minimum Gasteiger partial charge on any atom is -0.228 e. The monoisotopic (exact) mass is 840 g/mol. The van der Waals surface area contributed by atoms with Gasteiger partial charge in [-0.1, -0.05) is 249 Å². The summed E-state index contributed by atoms with van der Waals surface area (Å²) in [4.78, 5) is 10.7. The van der Waals surface area contributed by atoms with Crippen molar-refractivity contribution in [2.75, 3.05) is 0 Å². The molecule has 0 amide bonds. The molecule has 0 N–H and O–H groups in total. The number of hydrogen-bond acceptors (Lipinski definition) is 2. The van der Waals surface area contributed by atoms with Gasteiger partial charge < -0.3 is 0 Å². The zero-order valence-corrected chi connectivity index (χ0v) is 36.3. The van der Waals surface area contributed by atoms with Crippen molar-refractivity contribution >= 4 is 0 Å². The van der Waals surface area contributed by atoms with Crippen molar-refractivity contribution in [3.8, 4) is 112 Å². The molecule has 11 aromatic rings. The van der Waals surface area contributed by atoms with E-state index < -0.39 is 0 Å². The molecule has 0 bridgehead atoms. The Balaban J connectivity index is 1.12. The van der Waals surface area contributed by atoms with Gasteiger partial charge >= 0.3 is 0 Å². The Labute approximate surface area is 386 Å². The first-order chi connectivity index (χ1) is 32.7. The van der Waals surface area contributed by atoms with Gasteiger partial charge in [0.05, 0.1) is 11.4 Å². The third-order valence-corrected chi connectivity index (χ3v) is 12.3. The topological polar surface area (TPSA) is 25.8 Å². The molecule has 0 saturated heterocycles. The molecular formula is C64H44N2. The van der Waals surface area contributed by atoms with Crippen molar-refractivity contribution in [1.82, 2.24) is 9.97 Å². The molecule has 0 aliphatic rings. The Morgan fingerprint density at radius 2 is 0.545 bits per heavy atom. The zero-order valence-electron chi connectivity index (χ0n) is 36.3. The smallest absolute Gasteiger partial charge is 0.160 e. The molecule has 0 unspecified atom stereocenters. The minimum absolute atomic E-state index is 0.676. The van der Waals surface area contributed by atoms with Crippen molar-refractivity contribution in [3.63, 3.8) is 0 Å². The molecule has 2 heteroatoms. The summed E-state index contributed by atoms with van der Waals surface area (Å²) in [5, 5.41) is 0. The second-order valence-corrected chi connectivity index (χ2v) is 16.5. The van der Waals surface area contributed by atoms with Crippen molar-refractivity contribution in [2.24, 2.45) is 0 Å². The Morgan fingerprint density at radius 3 is 1.08 bits per heavy atom. The lowest BCUT2D eigenvalue weighted by molar-refractivity contribution is 1.18. The van der Waals surface area contributed by atoms with Crippen LogP contribution < -0.4 is 0 Å². The fourth-order valence-corrected chi connectivity index (χ4v) is 9.19. The van der Waals surface area contributed by atoms with Gasteiger partial charge in [0.2, 0.25) is 0 Å². The molecule has 1 aromatic heterocycles. The fraction of sp³-hybridized carbons (Fsp3) is 0. The molecule has 1 heterocycles. The second kappa shape index (κ2) is 18.2. The summed E-state index contributed by atoms with van der Waals surface area (Å²) < 4.78 is 0. The van der Waals surface area contributed by atoms with Crippen molar-refractivity contribution in [1.29, 1.82) is 0 Å². The van der Waals surface area contributed by atoms with E-state index in [1.54, 1.807) is 0 Å². The highest BCUT2D eigenvalue weighted by molar-refractivity contribution is 6.07. The third kappa shape index (κ3) is 8.05. The average molecular weight is 841 g/mol. The molecule has 66 heavy (non-hydrogen) atoms. The van der Waals surface area contributed by atoms with Crippen molar-refractivity contribution in [3.05, 3.63) is 267 Å². The Hall–Kier alpha value is -8.72. The lowest BCUT2D eigenvalue weighted by atomic mass is 9.79. The van der Waals surface area contributed by atoms with Gasteiger partial charge in [0.25, 0.3) is 0 Å². The Bertz CT molecular complexity index is 3410. The molecule has 0 radical (unpaired) electrons. The van der Waals surface area contributed by atoms with E-state index in [-0.39, 0.29) is 0 Å². The maximum absolute atomic E-state index is 5.35. The fourth-order valence-electron chi connectivity index (χ4n) is 9.19. The van der Waals surface area contributed by atoms with Crippen LogP contribution in [0.1, 0.15) is 0 Å². The van der Waals surface area contributed by atoms with Gasteiger partial charge in [-0.2, -0.15) is 0 Å². The molecule has 11 rings (SSSR count). The molecule has 2 nitrogen and oxygen atoms in total. The summed E-state index contributed by atoms with van der Waals surface area (Å²) in [7, 11) is 0. The molecule has 0 aliphatic carbocycles. The molecule has 0 spiro atoms. The molecule has 0 atom stereocenters. The average Bonchev–Trinajstić information content (AvgIpc) is 3.41. The number of benzene rings is 10. The van der Waals surface area contributed by atoms with E-state index in [0.717, 1.165) is 67.0 Å². The lowest BCUT2D eigenvalue weighted by Gasteiger charge is -2.24. The van der Waals surface area contributed by atoms with Crippen LogP contribution in [0.2, 0.25) is 0 Å². The first-order valence-electron chi connectivity index (χ1n) is 22.5. The summed E-state index contributed by atoms with van der Waals surface area (Å²) in [6.07, 6.45) is 0. The lowest BCUT2D eigenvalue weighted by Crippen LogP contribution is -1.98. The minimum atomic E-state index is 0.676. The van der Waals surface area contributed by atoms with E-state index in [2.05, 4.69) is 261 Å². The van der Waals surface area contributed by atoms with Crippen molar-refractivity contribution < 1.29 is 0 Å². The SMILES string of the molecule is c1ccc(-c2cccc(-c3nc(-c4ccc(-c5cc(-c6ccccc6)c(-c6ccccc6)c(-c6ccccc6)c5-c5ccccc5)cc4)cc(-c4ccccc4-c4ccccc4)n3)c2)cc1. The Kier molecular flexibility index (Phi) is 11.0. The second-order valence-electron chi connectivity index (χ2n) is 16.5. The first-order valence-corrected chi connectivity index (χ1v) is 22.5. The predicted octanol–water partition coefficient (Wildman–Crippen LogP) is 17.1. The summed E-state index contributed by atoms with van der Waals surface area (Å²) in [6, 6.07) is 95.0. The van der Waals surface area contributed by atoms with E-state index in [4.69, 9.17) is 9.97 Å². The number of nitrogens with zero attached hydrogens (tertiary/aromatic N) is 2. The van der Waals surface area contributed by atoms with Crippen LogP contribution in [0.5, 0.6) is 0 Å². The molecule has 0 saturated carbocycles. The molecular weight excluding hydrogens is 797 g/mol. The zero-order chi connectivity index (χ0) is 44.1. The van der Waals surface area contributed by atoms with E-state index in [0.29, 0.717) is 5.82 Å². The highest BCUT2D eigenvalue weighted by Crippen LogP contribution is 2.50. The predicted molar refractivity (Wildman–Crippen MR) is 276 cm³/mol. The van der Waals surface area contributed by atoms with Crippen LogP contribution in [0.4, 0.5) is 0 Å². The highest BCUT2D eigenvalue weighted by Gasteiger charge is 2.24. The van der Waals surface area contributed by atoms with Gasteiger partial charge in [0.15, 0.2) is 5.82 Å². The van der Waals surface area contributed by atoms with Crippen LogP contribution in [0, 0.1) is 0 Å². The van der Waals surface area contributed by atoms with Gasteiger partial charge in [0.1, 0.15) is 0 Å². The van der Waals surface area contributed by atoms with Gasteiger partial charge in [0, 0.05) is 16.7 Å². The standard InChI is InChI=1S/C64H44N2/c1-7-22-45(23-8-1)53-34-21-35-54(42-53)64-65-59(44-60(66-64)56-37-20-19-36-55(56)46-24-9-2-10-25-46)49-40-38-48(39-41-49)58-43-57(47-26-11-3-12-27-47)61(50-28-13-4-14-29-50)63(52-32-17-6-18-33-52)62(58)51-30-15-5-16-31-51/h1-44H. The highest BCUT2D eigenvalue weighted by atomic mass is 14.9. The van der Waals surface area contributed by atoms with Crippen LogP contribution in [0.25, 0.3) is 112 Å². The van der Waals surface area contributed by atoms with E-state index in [1.807, 2.05) is 6.07 Å². The quantitative estimate of drug-likeness (QED) is 0.137. The maximum atomic E-state index is 5.35. The van der Waals surface area contributed by atoms with Crippen LogP contribution in [-0.2, 0) is 0 Å². The van der Waals surface area contributed by atoms with Crippen LogP contribution in [-0.4, -0.2) is 9.97 Å². The van der Waals surface area contributed by atoms with Gasteiger partial charge in [-0.05, 0) is 96.1 Å². The molecule has 10 aromatic carbocycles. The molecule has 0 fully saturated rings. The summed E-state index contributed by atoms with van der Waals surface area (Å²) in [5.41, 5.74) is 21.0. The summed E-state index contributed by atoms with van der Waals surface area (Å²) in [5.74, 6) is 0.676. The van der Waals surface area contributed by atoms with E-state index in [9.17, 15) is 0 Å². The summed E-state index contributed by atoms with van der Waals surface area (Å²) in [6.45, 7) is 0. The van der Waals surface area contributed by atoms with E-state index in [1.165, 1.54) is 38.9 Å². The van der Waals surface area contributed by atoms with E-state index >= 15 is 0 Å². The molecule has 0 aliphatic heterocycles. The van der Waals surface area contributed by atoms with Crippen LogP contribution >= 0.6 is 0 Å². The largest absolute Gasteiger partial charge is 0.228 e. The normalized spacial score (nSPS) is 11.0.